The largest absolute Gasteiger partial charge is 0.491 e. The molecule has 0 amide bonds. The Morgan fingerprint density at radius 3 is 2.80 bits per heavy atom. The van der Waals surface area contributed by atoms with Crippen LogP contribution in [0.4, 0.5) is 10.2 Å². The molecule has 2 aromatic rings. The minimum atomic E-state index is -0.314. The molecule has 0 bridgehead atoms. The molecule has 2 rings (SSSR count). The number of hydrogen-bond acceptors (Lipinski definition) is 3. The van der Waals surface area contributed by atoms with Crippen molar-refractivity contribution in [3.63, 3.8) is 0 Å². The average Bonchev–Trinajstić information content (AvgIpc) is 2.44. The highest BCUT2D eigenvalue weighted by atomic mass is 79.9. The van der Waals surface area contributed by atoms with Crippen LogP contribution in [0.15, 0.2) is 41.0 Å². The van der Waals surface area contributed by atoms with Crippen LogP contribution in [0.25, 0.3) is 0 Å². The molecule has 0 spiro atoms. The monoisotopic (exact) mass is 338 g/mol. The average molecular weight is 339 g/mol. The zero-order chi connectivity index (χ0) is 14.4. The summed E-state index contributed by atoms with van der Waals surface area (Å²) in [5, 5.41) is 3.19. The fourth-order valence-corrected chi connectivity index (χ4v) is 2.02. The van der Waals surface area contributed by atoms with Gasteiger partial charge in [0.2, 0.25) is 0 Å². The molecule has 0 unspecified atom stereocenters. The smallest absolute Gasteiger partial charge is 0.165 e. The first-order valence-electron chi connectivity index (χ1n) is 6.45. The number of aromatic nitrogens is 1. The molecule has 0 saturated carbocycles. The molecular weight excluding hydrogens is 323 g/mol. The standard InChI is InChI=1S/C15H16BrFN2O/c1-2-20-14-5-3-11(9-13(14)17)7-8-18-15-6-4-12(16)10-19-15/h3-6,9-10H,2,7-8H2,1H3,(H,18,19). The van der Waals surface area contributed by atoms with Crippen LogP contribution in [0.2, 0.25) is 0 Å². The van der Waals surface area contributed by atoms with Gasteiger partial charge in [0.05, 0.1) is 6.61 Å². The lowest BCUT2D eigenvalue weighted by Gasteiger charge is -2.08. The number of hydrogen-bond donors (Lipinski definition) is 1. The van der Waals surface area contributed by atoms with E-state index >= 15 is 0 Å². The van der Waals surface area contributed by atoms with Crippen molar-refractivity contribution in [3.05, 3.63) is 52.4 Å². The lowest BCUT2D eigenvalue weighted by atomic mass is 10.1. The summed E-state index contributed by atoms with van der Waals surface area (Å²) in [5.41, 5.74) is 0.926. The molecule has 0 atom stereocenters. The molecule has 1 heterocycles. The van der Waals surface area contributed by atoms with Crippen molar-refractivity contribution in [1.29, 1.82) is 0 Å². The van der Waals surface area contributed by atoms with Crippen LogP contribution in [-0.2, 0) is 6.42 Å². The summed E-state index contributed by atoms with van der Waals surface area (Å²) in [5.74, 6) is 0.796. The molecule has 0 saturated heterocycles. The summed E-state index contributed by atoms with van der Waals surface area (Å²) < 4.78 is 19.8. The summed E-state index contributed by atoms with van der Waals surface area (Å²) in [6, 6.07) is 8.88. The third-order valence-corrected chi connectivity index (χ3v) is 3.21. The van der Waals surface area contributed by atoms with Crippen LogP contribution in [0.3, 0.4) is 0 Å². The third-order valence-electron chi connectivity index (χ3n) is 2.74. The Hall–Kier alpha value is -1.62. The predicted octanol–water partition coefficient (Wildman–Crippen LogP) is 4.04. The van der Waals surface area contributed by atoms with Gasteiger partial charge < -0.3 is 10.1 Å². The SMILES string of the molecule is CCOc1ccc(CCNc2ccc(Br)cn2)cc1F. The normalized spacial score (nSPS) is 10.3. The van der Waals surface area contributed by atoms with Gasteiger partial charge in [-0.15, -0.1) is 0 Å². The van der Waals surface area contributed by atoms with E-state index in [2.05, 4.69) is 26.2 Å². The Morgan fingerprint density at radius 1 is 1.30 bits per heavy atom. The number of benzene rings is 1. The number of ether oxygens (including phenoxy) is 1. The van der Waals surface area contributed by atoms with Gasteiger partial charge >= 0.3 is 0 Å². The van der Waals surface area contributed by atoms with Gasteiger partial charge in [-0.2, -0.15) is 0 Å². The van der Waals surface area contributed by atoms with Crippen molar-refractivity contribution in [1.82, 2.24) is 4.98 Å². The molecule has 1 N–H and O–H groups in total. The second kappa shape index (κ2) is 7.24. The number of anilines is 1. The summed E-state index contributed by atoms with van der Waals surface area (Å²) in [6.07, 6.45) is 2.46. The predicted molar refractivity (Wildman–Crippen MR) is 81.7 cm³/mol. The summed E-state index contributed by atoms with van der Waals surface area (Å²) in [6.45, 7) is 3.00. The third kappa shape index (κ3) is 4.20. The second-order valence-corrected chi connectivity index (χ2v) is 5.15. The molecule has 0 fully saturated rings. The van der Waals surface area contributed by atoms with Crippen LogP contribution >= 0.6 is 15.9 Å². The van der Waals surface area contributed by atoms with Gasteiger partial charge in [-0.25, -0.2) is 9.37 Å². The van der Waals surface area contributed by atoms with Gasteiger partial charge in [0.15, 0.2) is 11.6 Å². The molecule has 0 aliphatic rings. The van der Waals surface area contributed by atoms with Crippen LogP contribution in [-0.4, -0.2) is 18.1 Å². The van der Waals surface area contributed by atoms with Crippen LogP contribution < -0.4 is 10.1 Å². The van der Waals surface area contributed by atoms with E-state index in [9.17, 15) is 4.39 Å². The molecule has 3 nitrogen and oxygen atoms in total. The Balaban J connectivity index is 1.87. The molecule has 0 radical (unpaired) electrons. The molecule has 0 aliphatic carbocycles. The van der Waals surface area contributed by atoms with E-state index in [1.807, 2.05) is 25.1 Å². The van der Waals surface area contributed by atoms with Crippen molar-refractivity contribution in [2.24, 2.45) is 0 Å². The van der Waals surface area contributed by atoms with Gasteiger partial charge in [-0.3, -0.25) is 0 Å². The molecule has 0 aliphatic heterocycles. The Bertz CT molecular complexity index is 560. The molecule has 1 aromatic heterocycles. The highest BCUT2D eigenvalue weighted by Crippen LogP contribution is 2.18. The minimum absolute atomic E-state index is 0.304. The van der Waals surface area contributed by atoms with Gasteiger partial charge in [0.1, 0.15) is 5.82 Å². The van der Waals surface area contributed by atoms with E-state index in [-0.39, 0.29) is 5.82 Å². The molecule has 1 aromatic carbocycles. The maximum absolute atomic E-state index is 13.7. The van der Waals surface area contributed by atoms with E-state index < -0.39 is 0 Å². The maximum atomic E-state index is 13.7. The molecular formula is C15H16BrFN2O. The van der Waals surface area contributed by atoms with Gasteiger partial charge in [0.25, 0.3) is 0 Å². The molecule has 20 heavy (non-hydrogen) atoms. The minimum Gasteiger partial charge on any atom is -0.491 e. The van der Waals surface area contributed by atoms with E-state index in [0.717, 1.165) is 22.3 Å². The number of pyridine rings is 1. The number of halogens is 2. The summed E-state index contributed by atoms with van der Waals surface area (Å²) in [4.78, 5) is 4.21. The van der Waals surface area contributed by atoms with Crippen LogP contribution in [0.1, 0.15) is 12.5 Å². The summed E-state index contributed by atoms with van der Waals surface area (Å²) in [7, 11) is 0. The van der Waals surface area contributed by atoms with E-state index in [1.165, 1.54) is 6.07 Å². The van der Waals surface area contributed by atoms with E-state index in [4.69, 9.17) is 4.74 Å². The van der Waals surface area contributed by atoms with E-state index in [0.29, 0.717) is 18.9 Å². The first-order valence-corrected chi connectivity index (χ1v) is 7.25. The topological polar surface area (TPSA) is 34.1 Å². The van der Waals surface area contributed by atoms with Crippen molar-refractivity contribution >= 4 is 21.7 Å². The highest BCUT2D eigenvalue weighted by molar-refractivity contribution is 9.10. The lowest BCUT2D eigenvalue weighted by molar-refractivity contribution is 0.321. The first kappa shape index (κ1) is 14.8. The van der Waals surface area contributed by atoms with Gasteiger partial charge in [0, 0.05) is 17.2 Å². The second-order valence-electron chi connectivity index (χ2n) is 4.24. The van der Waals surface area contributed by atoms with Gasteiger partial charge in [-0.1, -0.05) is 6.07 Å². The van der Waals surface area contributed by atoms with Crippen molar-refractivity contribution < 1.29 is 9.13 Å². The van der Waals surface area contributed by atoms with Crippen molar-refractivity contribution in [3.8, 4) is 5.75 Å². The van der Waals surface area contributed by atoms with Gasteiger partial charge in [-0.05, 0) is 59.1 Å². The van der Waals surface area contributed by atoms with Crippen molar-refractivity contribution in [2.75, 3.05) is 18.5 Å². The lowest BCUT2D eigenvalue weighted by Crippen LogP contribution is -2.06. The quantitative estimate of drug-likeness (QED) is 0.863. The molecule has 106 valence electrons. The van der Waals surface area contributed by atoms with Crippen molar-refractivity contribution in [2.45, 2.75) is 13.3 Å². The maximum Gasteiger partial charge on any atom is 0.165 e. The molecule has 5 heteroatoms. The Morgan fingerprint density at radius 2 is 2.15 bits per heavy atom. The van der Waals surface area contributed by atoms with Crippen LogP contribution in [0.5, 0.6) is 5.75 Å². The Kier molecular flexibility index (Phi) is 5.35. The highest BCUT2D eigenvalue weighted by Gasteiger charge is 2.04. The Labute approximate surface area is 126 Å². The number of nitrogens with zero attached hydrogens (tertiary/aromatic N) is 1. The van der Waals surface area contributed by atoms with Crippen LogP contribution in [0, 0.1) is 5.82 Å². The summed E-state index contributed by atoms with van der Waals surface area (Å²) >= 11 is 3.33. The number of rotatable bonds is 6. The fourth-order valence-electron chi connectivity index (χ4n) is 1.79. The first-order chi connectivity index (χ1) is 9.69. The zero-order valence-corrected chi connectivity index (χ0v) is 12.8. The van der Waals surface area contributed by atoms with E-state index in [1.54, 1.807) is 12.3 Å². The fraction of sp³-hybridized carbons (Fsp3) is 0.267. The zero-order valence-electron chi connectivity index (χ0n) is 11.2. The number of nitrogens with one attached hydrogen (secondary N) is 1.